The third kappa shape index (κ3) is 6.06. The first kappa shape index (κ1) is 14.3. The lowest BCUT2D eigenvalue weighted by Crippen LogP contribution is -2.24. The standard InChI is InChI=1S/C11H21ClO3S/c1-9-3-5-11(6-4-9)15-7-10(2)8-16(12,13)14/h9-11H,3-8H2,1-2H3. The fraction of sp³-hybridized carbons (Fsp3) is 1.00. The lowest BCUT2D eigenvalue weighted by atomic mass is 9.89. The predicted octanol–water partition coefficient (Wildman–Crippen LogP) is 2.79. The van der Waals surface area contributed by atoms with Gasteiger partial charge in [-0.2, -0.15) is 0 Å². The van der Waals surface area contributed by atoms with Gasteiger partial charge < -0.3 is 4.74 Å². The molecule has 0 saturated heterocycles. The molecule has 1 unspecified atom stereocenters. The van der Waals surface area contributed by atoms with Gasteiger partial charge in [-0.15, -0.1) is 0 Å². The van der Waals surface area contributed by atoms with Gasteiger partial charge in [-0.25, -0.2) is 8.42 Å². The minimum atomic E-state index is -3.39. The summed E-state index contributed by atoms with van der Waals surface area (Å²) < 4.78 is 27.4. The molecule has 1 rings (SSSR count). The second-order valence-electron chi connectivity index (χ2n) is 5.03. The molecular weight excluding hydrogens is 248 g/mol. The summed E-state index contributed by atoms with van der Waals surface area (Å²) in [5, 5.41) is 0. The Morgan fingerprint density at radius 1 is 1.31 bits per heavy atom. The van der Waals surface area contributed by atoms with Crippen LogP contribution in [0.15, 0.2) is 0 Å². The molecule has 0 aliphatic heterocycles. The molecule has 0 amide bonds. The molecule has 0 aromatic rings. The van der Waals surface area contributed by atoms with Crippen molar-refractivity contribution in [3.8, 4) is 0 Å². The number of hydrogen-bond acceptors (Lipinski definition) is 3. The van der Waals surface area contributed by atoms with Crippen molar-refractivity contribution in [3.63, 3.8) is 0 Å². The Kier molecular flexibility index (Phi) is 5.54. The molecule has 0 heterocycles. The highest BCUT2D eigenvalue weighted by molar-refractivity contribution is 8.13. The molecule has 16 heavy (non-hydrogen) atoms. The zero-order valence-corrected chi connectivity index (χ0v) is 11.6. The maximum absolute atomic E-state index is 10.8. The van der Waals surface area contributed by atoms with E-state index in [9.17, 15) is 8.42 Å². The fourth-order valence-electron chi connectivity index (χ4n) is 2.08. The van der Waals surface area contributed by atoms with Crippen LogP contribution < -0.4 is 0 Å². The molecule has 1 fully saturated rings. The second kappa shape index (κ2) is 6.22. The second-order valence-corrected chi connectivity index (χ2v) is 7.85. The highest BCUT2D eigenvalue weighted by atomic mass is 35.7. The SMILES string of the molecule is CC1CCC(OCC(C)CS(=O)(=O)Cl)CC1. The van der Waals surface area contributed by atoms with Crippen LogP contribution in [0.25, 0.3) is 0 Å². The van der Waals surface area contributed by atoms with E-state index in [1.807, 2.05) is 6.92 Å². The molecule has 1 aliphatic carbocycles. The molecule has 1 atom stereocenters. The predicted molar refractivity (Wildman–Crippen MR) is 66.2 cm³/mol. The summed E-state index contributed by atoms with van der Waals surface area (Å²) in [5.41, 5.74) is 0. The maximum atomic E-state index is 10.8. The molecule has 0 radical (unpaired) electrons. The van der Waals surface area contributed by atoms with E-state index in [0.717, 1.165) is 18.8 Å². The van der Waals surface area contributed by atoms with Crippen molar-refractivity contribution in [2.45, 2.75) is 45.6 Å². The van der Waals surface area contributed by atoms with E-state index in [-0.39, 0.29) is 11.7 Å². The minimum absolute atomic E-state index is 0.00230. The average Bonchev–Trinajstić information content (AvgIpc) is 2.14. The number of rotatable bonds is 5. The van der Waals surface area contributed by atoms with Crippen LogP contribution in [0.1, 0.15) is 39.5 Å². The minimum Gasteiger partial charge on any atom is -0.378 e. The molecule has 0 aromatic heterocycles. The van der Waals surface area contributed by atoms with Gasteiger partial charge >= 0.3 is 0 Å². The quantitative estimate of drug-likeness (QED) is 0.720. The lowest BCUT2D eigenvalue weighted by Gasteiger charge is -2.27. The van der Waals surface area contributed by atoms with Gasteiger partial charge in [0.25, 0.3) is 0 Å². The van der Waals surface area contributed by atoms with Crippen LogP contribution >= 0.6 is 10.7 Å². The van der Waals surface area contributed by atoms with Gasteiger partial charge in [-0.3, -0.25) is 0 Å². The summed E-state index contributed by atoms with van der Waals surface area (Å²) >= 11 is 0. The average molecular weight is 269 g/mol. The van der Waals surface area contributed by atoms with E-state index < -0.39 is 9.05 Å². The van der Waals surface area contributed by atoms with E-state index >= 15 is 0 Å². The van der Waals surface area contributed by atoms with E-state index in [0.29, 0.717) is 12.7 Å². The van der Waals surface area contributed by atoms with E-state index in [1.54, 1.807) is 0 Å². The van der Waals surface area contributed by atoms with Crippen LogP contribution in [0.3, 0.4) is 0 Å². The topological polar surface area (TPSA) is 43.4 Å². The molecule has 0 aromatic carbocycles. The number of halogens is 1. The van der Waals surface area contributed by atoms with Gasteiger partial charge in [0, 0.05) is 10.7 Å². The molecule has 0 spiro atoms. The number of ether oxygens (including phenoxy) is 1. The molecule has 3 nitrogen and oxygen atoms in total. The fourth-order valence-corrected chi connectivity index (χ4v) is 3.51. The van der Waals surface area contributed by atoms with Crippen LogP contribution in [0, 0.1) is 11.8 Å². The molecule has 1 aliphatic rings. The van der Waals surface area contributed by atoms with Crippen molar-refractivity contribution in [2.75, 3.05) is 12.4 Å². The summed E-state index contributed by atoms with van der Waals surface area (Å²) in [6.45, 7) is 4.61. The van der Waals surface area contributed by atoms with Crippen LogP contribution in [0.4, 0.5) is 0 Å². The molecule has 1 saturated carbocycles. The van der Waals surface area contributed by atoms with Crippen molar-refractivity contribution in [1.29, 1.82) is 0 Å². The Bertz CT molecular complexity index is 294. The van der Waals surface area contributed by atoms with Crippen molar-refractivity contribution < 1.29 is 13.2 Å². The molecule has 0 N–H and O–H groups in total. The Morgan fingerprint density at radius 2 is 1.88 bits per heavy atom. The highest BCUT2D eigenvalue weighted by Gasteiger charge is 2.20. The first-order valence-electron chi connectivity index (χ1n) is 5.90. The Balaban J connectivity index is 2.19. The van der Waals surface area contributed by atoms with Gasteiger partial charge in [-0.05, 0) is 37.5 Å². The van der Waals surface area contributed by atoms with Crippen LogP contribution in [0.2, 0.25) is 0 Å². The van der Waals surface area contributed by atoms with Crippen molar-refractivity contribution >= 4 is 19.7 Å². The van der Waals surface area contributed by atoms with Crippen molar-refractivity contribution in [1.82, 2.24) is 0 Å². The Morgan fingerprint density at radius 3 is 2.38 bits per heavy atom. The summed E-state index contributed by atoms with van der Waals surface area (Å²) in [7, 11) is 1.79. The third-order valence-electron chi connectivity index (χ3n) is 3.06. The van der Waals surface area contributed by atoms with Crippen LogP contribution in [-0.2, 0) is 13.8 Å². The van der Waals surface area contributed by atoms with Gasteiger partial charge in [0.05, 0.1) is 18.5 Å². The van der Waals surface area contributed by atoms with E-state index in [4.69, 9.17) is 15.4 Å². The maximum Gasteiger partial charge on any atom is 0.232 e. The summed E-state index contributed by atoms with van der Waals surface area (Å²) in [4.78, 5) is 0. The zero-order chi connectivity index (χ0) is 12.2. The Labute approximate surface area is 103 Å². The number of hydrogen-bond donors (Lipinski definition) is 0. The van der Waals surface area contributed by atoms with Crippen molar-refractivity contribution in [3.05, 3.63) is 0 Å². The summed E-state index contributed by atoms with van der Waals surface area (Å²) in [5.74, 6) is 0.778. The zero-order valence-electron chi connectivity index (χ0n) is 9.99. The third-order valence-corrected chi connectivity index (χ3v) is 4.41. The van der Waals surface area contributed by atoms with Crippen LogP contribution in [0.5, 0.6) is 0 Å². The van der Waals surface area contributed by atoms with Gasteiger partial charge in [0.1, 0.15) is 0 Å². The normalized spacial score (nSPS) is 28.9. The Hall–Kier alpha value is 0.200. The summed E-state index contributed by atoms with van der Waals surface area (Å²) in [6, 6.07) is 0. The molecule has 5 heteroatoms. The first-order chi connectivity index (χ1) is 7.37. The monoisotopic (exact) mass is 268 g/mol. The summed E-state index contributed by atoms with van der Waals surface area (Å²) in [6.07, 6.45) is 4.94. The smallest absolute Gasteiger partial charge is 0.232 e. The van der Waals surface area contributed by atoms with Gasteiger partial charge in [0.2, 0.25) is 9.05 Å². The van der Waals surface area contributed by atoms with Crippen molar-refractivity contribution in [2.24, 2.45) is 11.8 Å². The first-order valence-corrected chi connectivity index (χ1v) is 8.38. The molecule has 96 valence electrons. The largest absolute Gasteiger partial charge is 0.378 e. The van der Waals surface area contributed by atoms with Crippen LogP contribution in [-0.4, -0.2) is 26.9 Å². The van der Waals surface area contributed by atoms with E-state index in [1.165, 1.54) is 12.8 Å². The molecular formula is C11H21ClO3S. The van der Waals surface area contributed by atoms with Gasteiger partial charge in [0.15, 0.2) is 0 Å². The van der Waals surface area contributed by atoms with E-state index in [2.05, 4.69) is 6.92 Å². The van der Waals surface area contributed by atoms with Gasteiger partial charge in [-0.1, -0.05) is 13.8 Å². The lowest BCUT2D eigenvalue weighted by molar-refractivity contribution is 0.00661. The highest BCUT2D eigenvalue weighted by Crippen LogP contribution is 2.25. The molecule has 0 bridgehead atoms.